The zero-order chi connectivity index (χ0) is 16.4. The second-order valence-corrected chi connectivity index (χ2v) is 5.25. The lowest BCUT2D eigenvalue weighted by Gasteiger charge is -2.12. The molecule has 1 heterocycles. The maximum absolute atomic E-state index is 11.8. The molecule has 0 bridgehead atoms. The van der Waals surface area contributed by atoms with Crippen molar-refractivity contribution in [3.05, 3.63) is 59.7 Å². The van der Waals surface area contributed by atoms with E-state index in [9.17, 15) is 4.79 Å². The fraction of sp³-hybridized carbons (Fsp3) is 0.111. The van der Waals surface area contributed by atoms with Gasteiger partial charge in [0.1, 0.15) is 11.6 Å². The van der Waals surface area contributed by atoms with Crippen LogP contribution in [0.3, 0.4) is 0 Å². The Kier molecular flexibility index (Phi) is 3.85. The summed E-state index contributed by atoms with van der Waals surface area (Å²) in [4.78, 5) is 16.4. The van der Waals surface area contributed by atoms with Gasteiger partial charge in [0.15, 0.2) is 0 Å². The summed E-state index contributed by atoms with van der Waals surface area (Å²) >= 11 is 0. The van der Waals surface area contributed by atoms with Crippen LogP contribution < -0.4 is 15.8 Å². The van der Waals surface area contributed by atoms with E-state index >= 15 is 0 Å². The molecule has 1 aromatic heterocycles. The van der Waals surface area contributed by atoms with Crippen molar-refractivity contribution in [3.8, 4) is 5.75 Å². The number of aryl methyl sites for hydroxylation is 1. The summed E-state index contributed by atoms with van der Waals surface area (Å²) in [5, 5.41) is 4.04. The highest BCUT2D eigenvalue weighted by Gasteiger charge is 2.13. The molecular formula is C18H17N3O2. The smallest absolute Gasteiger partial charge is 0.252 e. The molecule has 0 aliphatic rings. The summed E-state index contributed by atoms with van der Waals surface area (Å²) in [7, 11) is 1.60. The molecule has 5 nitrogen and oxygen atoms in total. The number of anilines is 2. The van der Waals surface area contributed by atoms with Crippen LogP contribution in [0.4, 0.5) is 11.5 Å². The molecule has 0 saturated carbocycles. The van der Waals surface area contributed by atoms with Gasteiger partial charge in [0.25, 0.3) is 5.91 Å². The van der Waals surface area contributed by atoms with Gasteiger partial charge in [-0.25, -0.2) is 4.98 Å². The molecule has 3 aromatic rings. The Balaban J connectivity index is 2.12. The van der Waals surface area contributed by atoms with Crippen LogP contribution >= 0.6 is 0 Å². The molecule has 3 rings (SSSR count). The molecule has 0 spiro atoms. The van der Waals surface area contributed by atoms with Gasteiger partial charge in [-0.3, -0.25) is 4.79 Å². The van der Waals surface area contributed by atoms with Crippen LogP contribution in [-0.2, 0) is 0 Å². The number of ether oxygens (including phenoxy) is 1. The molecule has 1 amide bonds. The van der Waals surface area contributed by atoms with Gasteiger partial charge in [-0.1, -0.05) is 24.3 Å². The third-order valence-electron chi connectivity index (χ3n) is 3.65. The van der Waals surface area contributed by atoms with Gasteiger partial charge >= 0.3 is 0 Å². The molecule has 23 heavy (non-hydrogen) atoms. The first-order chi connectivity index (χ1) is 11.1. The van der Waals surface area contributed by atoms with Gasteiger partial charge in [-0.2, -0.15) is 0 Å². The Labute approximate surface area is 134 Å². The van der Waals surface area contributed by atoms with Crippen molar-refractivity contribution in [2.75, 3.05) is 12.4 Å². The van der Waals surface area contributed by atoms with Gasteiger partial charge < -0.3 is 15.8 Å². The van der Waals surface area contributed by atoms with Crippen LogP contribution in [-0.4, -0.2) is 18.0 Å². The van der Waals surface area contributed by atoms with Crippen molar-refractivity contribution in [1.82, 2.24) is 4.98 Å². The van der Waals surface area contributed by atoms with Crippen molar-refractivity contribution in [1.29, 1.82) is 0 Å². The lowest BCUT2D eigenvalue weighted by atomic mass is 10.1. The van der Waals surface area contributed by atoms with E-state index in [2.05, 4.69) is 10.3 Å². The number of nitrogens with zero attached hydrogens (tertiary/aromatic N) is 1. The Hall–Kier alpha value is -3.08. The number of hydrogen-bond acceptors (Lipinski definition) is 4. The Morgan fingerprint density at radius 1 is 1.17 bits per heavy atom. The summed E-state index contributed by atoms with van der Waals surface area (Å²) < 4.78 is 5.21. The zero-order valence-electron chi connectivity index (χ0n) is 13.0. The van der Waals surface area contributed by atoms with E-state index in [1.54, 1.807) is 13.2 Å². The maximum Gasteiger partial charge on any atom is 0.252 e. The molecule has 0 unspecified atom stereocenters. The predicted molar refractivity (Wildman–Crippen MR) is 91.3 cm³/mol. The fourth-order valence-corrected chi connectivity index (χ4v) is 2.47. The number of fused-ring (bicyclic) bond motifs is 1. The molecule has 116 valence electrons. The second-order valence-electron chi connectivity index (χ2n) is 5.25. The summed E-state index contributed by atoms with van der Waals surface area (Å²) in [6, 6.07) is 15.0. The first-order valence-electron chi connectivity index (χ1n) is 7.20. The number of carbonyl (C=O) groups excluding carboxylic acids is 1. The van der Waals surface area contributed by atoms with E-state index in [1.807, 2.05) is 49.4 Å². The van der Waals surface area contributed by atoms with E-state index in [4.69, 9.17) is 10.5 Å². The summed E-state index contributed by atoms with van der Waals surface area (Å²) in [5.74, 6) is 0.631. The quantitative estimate of drug-likeness (QED) is 0.774. The van der Waals surface area contributed by atoms with Crippen LogP contribution in [0.15, 0.2) is 48.5 Å². The minimum absolute atomic E-state index is 0.353. The summed E-state index contributed by atoms with van der Waals surface area (Å²) in [6.07, 6.45) is 0. The number of nitrogens with two attached hydrogens (primary N) is 1. The number of pyridine rings is 1. The van der Waals surface area contributed by atoms with E-state index in [0.29, 0.717) is 17.1 Å². The van der Waals surface area contributed by atoms with Crippen molar-refractivity contribution in [2.45, 2.75) is 6.92 Å². The molecular weight excluding hydrogens is 290 g/mol. The first kappa shape index (κ1) is 14.8. The zero-order valence-corrected chi connectivity index (χ0v) is 13.0. The van der Waals surface area contributed by atoms with Crippen molar-refractivity contribution in [2.24, 2.45) is 5.73 Å². The molecule has 0 radical (unpaired) electrons. The number of methoxy groups -OCH3 is 1. The maximum atomic E-state index is 11.8. The van der Waals surface area contributed by atoms with Crippen molar-refractivity contribution >= 4 is 28.3 Å². The molecule has 2 aromatic carbocycles. The Morgan fingerprint density at radius 2 is 1.96 bits per heavy atom. The normalized spacial score (nSPS) is 10.5. The average Bonchev–Trinajstić information content (AvgIpc) is 2.55. The number of primary amides is 1. The summed E-state index contributed by atoms with van der Waals surface area (Å²) in [5.41, 5.74) is 8.50. The first-order valence-corrected chi connectivity index (χ1v) is 7.20. The predicted octanol–water partition coefficient (Wildman–Crippen LogP) is 3.39. The number of benzene rings is 2. The molecule has 0 atom stereocenters. The van der Waals surface area contributed by atoms with Gasteiger partial charge in [-0.15, -0.1) is 0 Å². The number of amides is 1. The van der Waals surface area contributed by atoms with Gasteiger partial charge in [0, 0.05) is 17.1 Å². The highest BCUT2D eigenvalue weighted by molar-refractivity contribution is 6.02. The topological polar surface area (TPSA) is 77.2 Å². The van der Waals surface area contributed by atoms with E-state index < -0.39 is 5.91 Å². The third kappa shape index (κ3) is 2.94. The van der Waals surface area contributed by atoms with Crippen molar-refractivity contribution in [3.63, 3.8) is 0 Å². The van der Waals surface area contributed by atoms with E-state index in [1.165, 1.54) is 0 Å². The van der Waals surface area contributed by atoms with Crippen LogP contribution in [0.25, 0.3) is 10.9 Å². The van der Waals surface area contributed by atoms with Crippen LogP contribution in [0.1, 0.15) is 15.9 Å². The molecule has 3 N–H and O–H groups in total. The monoisotopic (exact) mass is 307 g/mol. The van der Waals surface area contributed by atoms with E-state index in [0.717, 1.165) is 22.2 Å². The highest BCUT2D eigenvalue weighted by atomic mass is 16.5. The fourth-order valence-electron chi connectivity index (χ4n) is 2.47. The van der Waals surface area contributed by atoms with Crippen LogP contribution in [0, 0.1) is 6.92 Å². The average molecular weight is 307 g/mol. The Bertz CT molecular complexity index is 891. The molecule has 0 saturated heterocycles. The number of nitrogens with one attached hydrogen (secondary N) is 1. The van der Waals surface area contributed by atoms with Crippen LogP contribution in [0.5, 0.6) is 5.75 Å². The van der Waals surface area contributed by atoms with Gasteiger partial charge in [0.2, 0.25) is 0 Å². The number of hydrogen-bond donors (Lipinski definition) is 2. The molecule has 0 fully saturated rings. The second kappa shape index (κ2) is 5.96. The highest BCUT2D eigenvalue weighted by Crippen LogP contribution is 2.26. The number of carbonyl (C=O) groups is 1. The SMILES string of the molecule is COc1cccc(Nc2nc3c(C)cccc3cc2C(N)=O)c1. The lowest BCUT2D eigenvalue weighted by molar-refractivity contribution is 0.100. The van der Waals surface area contributed by atoms with Gasteiger partial charge in [0.05, 0.1) is 18.2 Å². The Morgan fingerprint density at radius 3 is 2.70 bits per heavy atom. The lowest BCUT2D eigenvalue weighted by Crippen LogP contribution is -2.14. The largest absolute Gasteiger partial charge is 0.497 e. The standard InChI is InChI=1S/C18H17N3O2/c1-11-5-3-6-12-9-15(17(19)22)18(21-16(11)12)20-13-7-4-8-14(10-13)23-2/h3-10H,1-2H3,(H2,19,22)(H,20,21). The number of para-hydroxylation sites is 1. The van der Waals surface area contributed by atoms with Gasteiger partial charge in [-0.05, 0) is 30.7 Å². The van der Waals surface area contributed by atoms with E-state index in [-0.39, 0.29) is 0 Å². The minimum atomic E-state index is -0.522. The number of rotatable bonds is 4. The molecule has 5 heteroatoms. The van der Waals surface area contributed by atoms with Crippen molar-refractivity contribution < 1.29 is 9.53 Å². The van der Waals surface area contributed by atoms with Crippen LogP contribution in [0.2, 0.25) is 0 Å². The number of aromatic nitrogens is 1. The minimum Gasteiger partial charge on any atom is -0.497 e. The summed E-state index contributed by atoms with van der Waals surface area (Å²) in [6.45, 7) is 1.98. The third-order valence-corrected chi connectivity index (χ3v) is 3.65. The molecule has 0 aliphatic heterocycles. The molecule has 0 aliphatic carbocycles.